The minimum Gasteiger partial charge on any atom is -0.320 e. The highest BCUT2D eigenvalue weighted by Crippen LogP contribution is 2.35. The zero-order valence-corrected chi connectivity index (χ0v) is 12.7. The molecule has 4 heteroatoms. The molecule has 0 bridgehead atoms. The van der Waals surface area contributed by atoms with Gasteiger partial charge in [-0.1, -0.05) is 34.1 Å². The molecule has 0 radical (unpaired) electrons. The smallest absolute Gasteiger partial charge is 0.0731 e. The van der Waals surface area contributed by atoms with Crippen LogP contribution < -0.4 is 5.73 Å². The van der Waals surface area contributed by atoms with E-state index < -0.39 is 0 Å². The highest BCUT2D eigenvalue weighted by Gasteiger charge is 2.15. The molecule has 0 spiro atoms. The molecule has 16 heavy (non-hydrogen) atoms. The fraction of sp³-hybridized carbons (Fsp3) is 0.167. The lowest BCUT2D eigenvalue weighted by atomic mass is 10.1. The van der Waals surface area contributed by atoms with Gasteiger partial charge < -0.3 is 5.73 Å². The van der Waals surface area contributed by atoms with Crippen LogP contribution in [0.3, 0.4) is 0 Å². The predicted molar refractivity (Wildman–Crippen MR) is 76.9 cm³/mol. The van der Waals surface area contributed by atoms with Crippen LogP contribution in [0.25, 0.3) is 0 Å². The van der Waals surface area contributed by atoms with Gasteiger partial charge >= 0.3 is 0 Å². The Balaban J connectivity index is 2.39. The van der Waals surface area contributed by atoms with Crippen LogP contribution in [-0.2, 0) is 0 Å². The van der Waals surface area contributed by atoms with E-state index >= 15 is 0 Å². The van der Waals surface area contributed by atoms with Gasteiger partial charge in [-0.05, 0) is 46.1 Å². The Labute approximate surface area is 116 Å². The number of aryl methyl sites for hydroxylation is 1. The molecule has 0 aliphatic rings. The van der Waals surface area contributed by atoms with Crippen molar-refractivity contribution < 1.29 is 0 Å². The number of rotatable bonds is 2. The summed E-state index contributed by atoms with van der Waals surface area (Å²) in [5.74, 6) is 0. The van der Waals surface area contributed by atoms with Crippen LogP contribution in [0.2, 0.25) is 0 Å². The molecular weight excluding hydrogens is 350 g/mol. The zero-order chi connectivity index (χ0) is 11.7. The van der Waals surface area contributed by atoms with Gasteiger partial charge in [-0.2, -0.15) is 0 Å². The Morgan fingerprint density at radius 2 is 1.94 bits per heavy atom. The van der Waals surface area contributed by atoms with Crippen LogP contribution in [0.1, 0.15) is 22.0 Å². The second-order valence-corrected chi connectivity index (χ2v) is 6.86. The SMILES string of the molecule is Cc1cc(C(N)c2ccccc2Br)sc1Br. The van der Waals surface area contributed by atoms with Gasteiger partial charge in [0.2, 0.25) is 0 Å². The third kappa shape index (κ3) is 2.40. The van der Waals surface area contributed by atoms with Gasteiger partial charge in [0.15, 0.2) is 0 Å². The van der Waals surface area contributed by atoms with E-state index in [0.717, 1.165) is 13.8 Å². The number of hydrogen-bond donors (Lipinski definition) is 1. The lowest BCUT2D eigenvalue weighted by Gasteiger charge is -2.11. The lowest BCUT2D eigenvalue weighted by molar-refractivity contribution is 0.886. The van der Waals surface area contributed by atoms with Crippen LogP contribution >= 0.6 is 43.2 Å². The van der Waals surface area contributed by atoms with Crippen LogP contribution in [0.4, 0.5) is 0 Å². The van der Waals surface area contributed by atoms with E-state index in [4.69, 9.17) is 5.73 Å². The third-order valence-corrected chi connectivity index (χ3v) is 5.36. The molecule has 1 atom stereocenters. The van der Waals surface area contributed by atoms with Crippen molar-refractivity contribution in [2.45, 2.75) is 13.0 Å². The van der Waals surface area contributed by atoms with Crippen LogP contribution in [-0.4, -0.2) is 0 Å². The Morgan fingerprint density at radius 1 is 1.25 bits per heavy atom. The predicted octanol–water partition coefficient (Wildman–Crippen LogP) is 4.63. The van der Waals surface area contributed by atoms with Gasteiger partial charge in [0.25, 0.3) is 0 Å². The molecule has 1 aromatic carbocycles. The molecule has 0 saturated heterocycles. The molecule has 0 aliphatic heterocycles. The second-order valence-electron chi connectivity index (χ2n) is 3.60. The minimum absolute atomic E-state index is 0.0643. The minimum atomic E-state index is -0.0643. The Hall–Kier alpha value is -0.160. The van der Waals surface area contributed by atoms with Crippen molar-refractivity contribution in [2.75, 3.05) is 0 Å². The van der Waals surface area contributed by atoms with Gasteiger partial charge in [-0.25, -0.2) is 0 Å². The summed E-state index contributed by atoms with van der Waals surface area (Å²) in [7, 11) is 0. The Bertz CT molecular complexity index is 488. The first-order chi connectivity index (χ1) is 7.59. The molecule has 2 aromatic rings. The maximum Gasteiger partial charge on any atom is 0.0731 e. The Kier molecular flexibility index (Phi) is 3.85. The standard InChI is InChI=1S/C12H11Br2NS/c1-7-6-10(16-12(7)14)11(15)8-4-2-3-5-9(8)13/h2-6,11H,15H2,1H3. The fourth-order valence-corrected chi connectivity index (χ4v) is 3.64. The van der Waals surface area contributed by atoms with Crippen molar-refractivity contribution in [2.24, 2.45) is 5.73 Å². The van der Waals surface area contributed by atoms with E-state index in [1.807, 2.05) is 18.2 Å². The van der Waals surface area contributed by atoms with Crippen LogP contribution in [0.5, 0.6) is 0 Å². The molecule has 0 aliphatic carbocycles. The van der Waals surface area contributed by atoms with E-state index in [-0.39, 0.29) is 6.04 Å². The van der Waals surface area contributed by atoms with Crippen molar-refractivity contribution in [1.82, 2.24) is 0 Å². The third-order valence-electron chi connectivity index (χ3n) is 2.42. The molecule has 0 saturated carbocycles. The Morgan fingerprint density at radius 3 is 2.50 bits per heavy atom. The van der Waals surface area contributed by atoms with E-state index in [0.29, 0.717) is 0 Å². The highest BCUT2D eigenvalue weighted by molar-refractivity contribution is 9.11. The summed E-state index contributed by atoms with van der Waals surface area (Å²) in [5, 5.41) is 0. The molecule has 1 unspecified atom stereocenters. The first-order valence-corrected chi connectivity index (χ1v) is 7.25. The molecule has 2 rings (SSSR count). The highest BCUT2D eigenvalue weighted by atomic mass is 79.9. The van der Waals surface area contributed by atoms with Crippen molar-refractivity contribution in [3.05, 3.63) is 54.6 Å². The van der Waals surface area contributed by atoms with Crippen molar-refractivity contribution >= 4 is 43.2 Å². The molecule has 1 heterocycles. The summed E-state index contributed by atoms with van der Waals surface area (Å²) in [6, 6.07) is 10.2. The molecule has 0 amide bonds. The van der Waals surface area contributed by atoms with E-state index in [2.05, 4.69) is 50.9 Å². The van der Waals surface area contributed by atoms with E-state index in [1.165, 1.54) is 10.4 Å². The second kappa shape index (κ2) is 5.00. The van der Waals surface area contributed by atoms with Crippen LogP contribution in [0, 0.1) is 6.92 Å². The van der Waals surface area contributed by atoms with Gasteiger partial charge in [0.05, 0.1) is 9.83 Å². The largest absolute Gasteiger partial charge is 0.320 e. The monoisotopic (exact) mass is 359 g/mol. The van der Waals surface area contributed by atoms with Gasteiger partial charge in [-0.3, -0.25) is 0 Å². The maximum atomic E-state index is 6.26. The number of thiophene rings is 1. The maximum absolute atomic E-state index is 6.26. The first kappa shape index (κ1) is 12.3. The lowest BCUT2D eigenvalue weighted by Crippen LogP contribution is -2.10. The van der Waals surface area contributed by atoms with Crippen molar-refractivity contribution in [3.8, 4) is 0 Å². The first-order valence-electron chi connectivity index (χ1n) is 4.85. The number of nitrogens with two attached hydrogens (primary N) is 1. The summed E-state index contributed by atoms with van der Waals surface area (Å²) < 4.78 is 2.22. The number of halogens is 2. The molecule has 84 valence electrons. The molecule has 2 N–H and O–H groups in total. The van der Waals surface area contributed by atoms with Crippen LogP contribution in [0.15, 0.2) is 38.6 Å². The zero-order valence-electron chi connectivity index (χ0n) is 8.71. The summed E-state index contributed by atoms with van der Waals surface area (Å²) in [6.45, 7) is 2.08. The summed E-state index contributed by atoms with van der Waals surface area (Å²) in [6.07, 6.45) is 0. The average molecular weight is 361 g/mol. The molecule has 1 nitrogen and oxygen atoms in total. The molecule has 1 aromatic heterocycles. The van der Waals surface area contributed by atoms with Crippen molar-refractivity contribution in [1.29, 1.82) is 0 Å². The summed E-state index contributed by atoms with van der Waals surface area (Å²) in [4.78, 5) is 1.18. The molecular formula is C12H11Br2NS. The quantitative estimate of drug-likeness (QED) is 0.830. The number of hydrogen-bond acceptors (Lipinski definition) is 2. The number of benzene rings is 1. The van der Waals surface area contributed by atoms with Gasteiger partial charge in [0, 0.05) is 9.35 Å². The van der Waals surface area contributed by atoms with Gasteiger partial charge in [0.1, 0.15) is 0 Å². The fourth-order valence-electron chi connectivity index (χ4n) is 1.52. The topological polar surface area (TPSA) is 26.0 Å². The normalized spacial score (nSPS) is 12.8. The summed E-state index contributed by atoms with van der Waals surface area (Å²) in [5.41, 5.74) is 8.62. The van der Waals surface area contributed by atoms with E-state index in [1.54, 1.807) is 11.3 Å². The average Bonchev–Trinajstić information content (AvgIpc) is 2.59. The van der Waals surface area contributed by atoms with E-state index in [9.17, 15) is 0 Å². The molecule has 0 fully saturated rings. The van der Waals surface area contributed by atoms with Gasteiger partial charge in [-0.15, -0.1) is 11.3 Å². The van der Waals surface area contributed by atoms with Crippen molar-refractivity contribution in [3.63, 3.8) is 0 Å². The summed E-state index contributed by atoms with van der Waals surface area (Å²) >= 11 is 8.76.